The van der Waals surface area contributed by atoms with Gasteiger partial charge in [-0.15, -0.1) is 0 Å². The molecule has 0 radical (unpaired) electrons. The molecule has 3 aromatic carbocycles. The van der Waals surface area contributed by atoms with Crippen LogP contribution in [0.15, 0.2) is 101 Å². The highest BCUT2D eigenvalue weighted by Crippen LogP contribution is 2.32. The molecule has 5 aromatic rings. The summed E-state index contributed by atoms with van der Waals surface area (Å²) in [4.78, 5) is 8.40. The molecule has 0 saturated carbocycles. The molecule has 1 atom stereocenters. The van der Waals surface area contributed by atoms with Gasteiger partial charge in [-0.05, 0) is 73.1 Å². The molecule has 222 valence electrons. The Balaban J connectivity index is 1.11. The zero-order valence-corrected chi connectivity index (χ0v) is 25.0. The van der Waals surface area contributed by atoms with Crippen LogP contribution in [-0.4, -0.2) is 41.7 Å². The monoisotopic (exact) mass is 639 g/mol. The number of aliphatic hydroxyl groups excluding tert-OH is 1. The third-order valence-electron chi connectivity index (χ3n) is 6.36. The zero-order chi connectivity index (χ0) is 30.2. The molecule has 0 bridgehead atoms. The topological polar surface area (TPSA) is 139 Å². The van der Waals surface area contributed by atoms with Crippen molar-refractivity contribution in [3.8, 4) is 17.1 Å². The lowest BCUT2D eigenvalue weighted by Crippen LogP contribution is -2.23. The molecule has 2 heterocycles. The summed E-state index contributed by atoms with van der Waals surface area (Å²) in [6.45, 7) is 1.04. The molecule has 1 unspecified atom stereocenters. The Bertz CT molecular complexity index is 1750. The minimum atomic E-state index is -3.83. The summed E-state index contributed by atoms with van der Waals surface area (Å²) < 4.78 is 39.4. The molecule has 0 aliphatic rings. The number of aromatic nitrogens is 3. The molecule has 0 amide bonds. The minimum Gasteiger partial charge on any atom is -0.482 e. The van der Waals surface area contributed by atoms with Gasteiger partial charge in [-0.2, -0.15) is 4.98 Å². The second kappa shape index (κ2) is 14.0. The molecular formula is C30H27Cl2N5O5S. The summed E-state index contributed by atoms with van der Waals surface area (Å²) in [7, 11) is -3.83. The van der Waals surface area contributed by atoms with Gasteiger partial charge in [0.25, 0.3) is 15.9 Å². The lowest BCUT2D eigenvalue weighted by atomic mass is 10.1. The quantitative estimate of drug-likeness (QED) is 0.139. The number of hydrogen-bond donors (Lipinski definition) is 3. The van der Waals surface area contributed by atoms with Crippen molar-refractivity contribution in [2.24, 2.45) is 0 Å². The molecule has 0 fully saturated rings. The smallest absolute Gasteiger partial charge is 0.264 e. The zero-order valence-electron chi connectivity index (χ0n) is 22.7. The Hall–Kier alpha value is -4.00. The molecule has 3 N–H and O–H groups in total. The van der Waals surface area contributed by atoms with Crippen LogP contribution >= 0.6 is 23.2 Å². The first-order valence-corrected chi connectivity index (χ1v) is 15.4. The highest BCUT2D eigenvalue weighted by molar-refractivity contribution is 7.92. The Morgan fingerprint density at radius 1 is 0.977 bits per heavy atom. The third-order valence-corrected chi connectivity index (χ3v) is 8.56. The number of hydrogen-bond acceptors (Lipinski definition) is 9. The lowest BCUT2D eigenvalue weighted by molar-refractivity contribution is 0.174. The minimum absolute atomic E-state index is 0.0198. The van der Waals surface area contributed by atoms with Gasteiger partial charge in [0.05, 0.1) is 16.0 Å². The van der Waals surface area contributed by atoms with E-state index in [0.717, 1.165) is 11.1 Å². The average molecular weight is 641 g/mol. The van der Waals surface area contributed by atoms with Crippen LogP contribution in [0.2, 0.25) is 10.0 Å². The third kappa shape index (κ3) is 8.09. The summed E-state index contributed by atoms with van der Waals surface area (Å²) >= 11 is 12.1. The number of rotatable bonds is 13. The number of aliphatic hydroxyl groups is 1. The number of sulfonamides is 1. The lowest BCUT2D eigenvalue weighted by Gasteiger charge is -2.12. The van der Waals surface area contributed by atoms with E-state index in [1.807, 2.05) is 18.2 Å². The van der Waals surface area contributed by atoms with Crippen molar-refractivity contribution in [1.29, 1.82) is 0 Å². The molecule has 0 aliphatic heterocycles. The first-order valence-electron chi connectivity index (χ1n) is 13.2. The summed E-state index contributed by atoms with van der Waals surface area (Å²) in [6, 6.07) is 21.9. The second-order valence-corrected chi connectivity index (χ2v) is 11.9. The van der Waals surface area contributed by atoms with E-state index < -0.39 is 16.1 Å². The number of anilines is 1. The van der Waals surface area contributed by atoms with Crippen LogP contribution in [0.4, 0.5) is 5.69 Å². The van der Waals surface area contributed by atoms with Crippen molar-refractivity contribution >= 4 is 38.9 Å². The SMILES string of the molecule is O=S(=O)(Nc1ccc(CCNCC(O)c2cccnc2)cc1)c1ccc(-c2noc(COc3cccc(Cl)c3Cl)n2)cc1. The number of pyridine rings is 1. The molecule has 10 nitrogen and oxygen atoms in total. The van der Waals surface area contributed by atoms with Crippen molar-refractivity contribution < 1.29 is 22.8 Å². The fourth-order valence-corrected chi connectivity index (χ4v) is 5.47. The number of benzene rings is 3. The van der Waals surface area contributed by atoms with E-state index in [0.29, 0.717) is 41.5 Å². The first kappa shape index (κ1) is 30.5. The molecular weight excluding hydrogens is 613 g/mol. The van der Waals surface area contributed by atoms with Crippen LogP contribution in [0.1, 0.15) is 23.1 Å². The van der Waals surface area contributed by atoms with Gasteiger partial charge in [0.2, 0.25) is 5.82 Å². The maximum absolute atomic E-state index is 13.0. The summed E-state index contributed by atoms with van der Waals surface area (Å²) in [5.41, 5.74) is 2.79. The number of nitrogens with one attached hydrogen (secondary N) is 2. The standard InChI is InChI=1S/C30H27Cl2N5O5S/c31-25-4-1-5-27(29(25)32)41-19-28-35-30(36-42-28)21-8-12-24(13-9-21)43(39,40)37-23-10-6-20(7-11-23)14-16-34-18-26(38)22-3-2-15-33-17-22/h1-13,15,17,26,34,37-38H,14,16,18-19H2. The fraction of sp³-hybridized carbons (Fsp3) is 0.167. The van der Waals surface area contributed by atoms with Gasteiger partial charge in [-0.3, -0.25) is 9.71 Å². The van der Waals surface area contributed by atoms with Crippen molar-refractivity contribution in [2.45, 2.75) is 24.0 Å². The largest absolute Gasteiger partial charge is 0.482 e. The summed E-state index contributed by atoms with van der Waals surface area (Å²) in [5, 5.41) is 18.0. The molecule has 5 rings (SSSR count). The Kier molecular flexibility index (Phi) is 9.90. The number of ether oxygens (including phenoxy) is 1. The van der Waals surface area contributed by atoms with E-state index in [1.165, 1.54) is 12.1 Å². The van der Waals surface area contributed by atoms with Gasteiger partial charge in [0.1, 0.15) is 10.8 Å². The van der Waals surface area contributed by atoms with E-state index in [2.05, 4.69) is 25.2 Å². The van der Waals surface area contributed by atoms with Gasteiger partial charge < -0.3 is 19.7 Å². The van der Waals surface area contributed by atoms with Gasteiger partial charge >= 0.3 is 0 Å². The predicted octanol–water partition coefficient (Wildman–Crippen LogP) is 5.68. The van der Waals surface area contributed by atoms with Gasteiger partial charge in [-0.1, -0.05) is 52.6 Å². The van der Waals surface area contributed by atoms with Crippen molar-refractivity contribution in [2.75, 3.05) is 17.8 Å². The Morgan fingerprint density at radius 2 is 1.77 bits per heavy atom. The van der Waals surface area contributed by atoms with E-state index >= 15 is 0 Å². The average Bonchev–Trinajstić information content (AvgIpc) is 3.50. The maximum atomic E-state index is 13.0. The molecule has 0 spiro atoms. The van der Waals surface area contributed by atoms with Crippen molar-refractivity contribution in [3.05, 3.63) is 118 Å². The molecule has 13 heteroatoms. The van der Waals surface area contributed by atoms with Crippen LogP contribution < -0.4 is 14.8 Å². The highest BCUT2D eigenvalue weighted by atomic mass is 35.5. The molecule has 43 heavy (non-hydrogen) atoms. The fourth-order valence-electron chi connectivity index (χ4n) is 4.06. The number of halogens is 2. The van der Waals surface area contributed by atoms with Crippen molar-refractivity contribution in [1.82, 2.24) is 20.4 Å². The molecule has 0 aliphatic carbocycles. The van der Waals surface area contributed by atoms with Crippen LogP contribution in [0, 0.1) is 0 Å². The van der Waals surface area contributed by atoms with Crippen LogP contribution in [0.25, 0.3) is 11.4 Å². The van der Waals surface area contributed by atoms with Gasteiger partial charge in [-0.25, -0.2) is 8.42 Å². The molecule has 2 aromatic heterocycles. The predicted molar refractivity (Wildman–Crippen MR) is 164 cm³/mol. The van der Waals surface area contributed by atoms with E-state index in [9.17, 15) is 13.5 Å². The Labute approximate surface area is 258 Å². The van der Waals surface area contributed by atoms with E-state index in [-0.39, 0.29) is 28.2 Å². The van der Waals surface area contributed by atoms with E-state index in [1.54, 1.807) is 60.9 Å². The summed E-state index contributed by atoms with van der Waals surface area (Å²) in [6.07, 6.45) is 3.38. The van der Waals surface area contributed by atoms with Crippen molar-refractivity contribution in [3.63, 3.8) is 0 Å². The van der Waals surface area contributed by atoms with Gasteiger partial charge in [0.15, 0.2) is 6.61 Å². The van der Waals surface area contributed by atoms with Crippen LogP contribution in [0.3, 0.4) is 0 Å². The van der Waals surface area contributed by atoms with Gasteiger partial charge in [0, 0.05) is 35.8 Å². The number of nitrogens with zero attached hydrogens (tertiary/aromatic N) is 3. The first-order chi connectivity index (χ1) is 20.8. The maximum Gasteiger partial charge on any atom is 0.264 e. The van der Waals surface area contributed by atoms with E-state index in [4.69, 9.17) is 32.5 Å². The second-order valence-electron chi connectivity index (χ2n) is 9.44. The Morgan fingerprint density at radius 3 is 2.51 bits per heavy atom. The summed E-state index contributed by atoms with van der Waals surface area (Å²) in [5.74, 6) is 0.881. The van der Waals surface area contributed by atoms with Crippen LogP contribution in [-0.2, 0) is 23.1 Å². The normalized spacial score (nSPS) is 12.2. The van der Waals surface area contributed by atoms with Crippen LogP contribution in [0.5, 0.6) is 5.75 Å². The molecule has 0 saturated heterocycles. The highest BCUT2D eigenvalue weighted by Gasteiger charge is 2.16.